The molecule has 142 valence electrons. The van der Waals surface area contributed by atoms with Crippen molar-refractivity contribution in [3.63, 3.8) is 0 Å². The van der Waals surface area contributed by atoms with Crippen molar-refractivity contribution in [2.75, 3.05) is 6.61 Å². The molecule has 9 heteroatoms. The van der Waals surface area contributed by atoms with Crippen LogP contribution in [-0.2, 0) is 17.8 Å². The van der Waals surface area contributed by atoms with Crippen LogP contribution in [0.3, 0.4) is 0 Å². The van der Waals surface area contributed by atoms with E-state index in [9.17, 15) is 14.4 Å². The van der Waals surface area contributed by atoms with E-state index in [4.69, 9.17) is 4.74 Å². The zero-order chi connectivity index (χ0) is 19.5. The number of hydrogen-bond acceptors (Lipinski definition) is 6. The summed E-state index contributed by atoms with van der Waals surface area (Å²) in [5.74, 6) is 0.285. The Balaban J connectivity index is 0.00000240. The van der Waals surface area contributed by atoms with Gasteiger partial charge in [-0.15, -0.1) is 0 Å². The molecule has 1 fully saturated rings. The first-order chi connectivity index (χ1) is 13.6. The van der Waals surface area contributed by atoms with E-state index in [1.165, 1.54) is 4.68 Å². The van der Waals surface area contributed by atoms with Crippen molar-refractivity contribution in [2.24, 2.45) is 0 Å². The summed E-state index contributed by atoms with van der Waals surface area (Å²) >= 11 is 0.961. The van der Waals surface area contributed by atoms with Crippen molar-refractivity contribution in [3.05, 3.63) is 76.0 Å². The fraction of sp³-hybridized carbons (Fsp3) is 0.200. The molecular weight excluding hydrogens is 401 g/mol. The van der Waals surface area contributed by atoms with Gasteiger partial charge in [0.2, 0.25) is 0 Å². The van der Waals surface area contributed by atoms with Crippen LogP contribution in [0.15, 0.2) is 59.5 Å². The normalized spacial score (nSPS) is 15.8. The molecule has 29 heavy (non-hydrogen) atoms. The molecule has 0 radical (unpaired) electrons. The molecule has 0 spiro atoms. The van der Waals surface area contributed by atoms with Gasteiger partial charge < -0.3 is 19.6 Å². The largest absolute Gasteiger partial charge is 1.00 e. The molecule has 0 bridgehead atoms. The molecule has 0 aliphatic carbocycles. The number of imide groups is 1. The van der Waals surface area contributed by atoms with E-state index in [-0.39, 0.29) is 41.0 Å². The van der Waals surface area contributed by atoms with Crippen molar-refractivity contribution >= 4 is 33.7 Å². The van der Waals surface area contributed by atoms with Gasteiger partial charge in [0.15, 0.2) is 0 Å². The van der Waals surface area contributed by atoms with Gasteiger partial charge in [0.25, 0.3) is 5.56 Å². The molecule has 2 amide bonds. The van der Waals surface area contributed by atoms with Gasteiger partial charge in [0.05, 0.1) is 29.3 Å². The molecule has 1 saturated heterocycles. The smallest absolute Gasteiger partial charge is 0.585 e. The van der Waals surface area contributed by atoms with Gasteiger partial charge >= 0.3 is 29.6 Å². The van der Waals surface area contributed by atoms with Gasteiger partial charge in [0, 0.05) is 5.39 Å². The number of hydrogen-bond donors (Lipinski definition) is 0. The summed E-state index contributed by atoms with van der Waals surface area (Å²) < 4.78 is 7.08. The van der Waals surface area contributed by atoms with Crippen molar-refractivity contribution in [1.29, 1.82) is 0 Å². The van der Waals surface area contributed by atoms with Crippen LogP contribution in [0.2, 0.25) is 0 Å². The van der Waals surface area contributed by atoms with E-state index < -0.39 is 10.5 Å². The average molecular weight is 417 g/mol. The van der Waals surface area contributed by atoms with Gasteiger partial charge in [0.1, 0.15) is 17.6 Å². The zero-order valence-corrected chi connectivity index (χ0v) is 18.6. The number of amides is 2. The number of aromatic nitrogens is 2. The van der Waals surface area contributed by atoms with Crippen LogP contribution in [0, 0.1) is 0 Å². The fourth-order valence-corrected chi connectivity index (χ4v) is 3.78. The monoisotopic (exact) mass is 417 g/mol. The van der Waals surface area contributed by atoms with Crippen molar-refractivity contribution < 1.29 is 43.9 Å². The number of ether oxygens (including phenoxy) is 1. The maximum Gasteiger partial charge on any atom is 1.00 e. The fourth-order valence-electron chi connectivity index (χ4n) is 2.96. The molecule has 2 heterocycles. The van der Waals surface area contributed by atoms with E-state index in [1.807, 2.05) is 30.3 Å². The molecule has 0 saturated carbocycles. The Morgan fingerprint density at radius 2 is 1.83 bits per heavy atom. The number of fused-ring (bicyclic) bond motifs is 1. The molecule has 4 rings (SSSR count). The third kappa shape index (κ3) is 5.08. The minimum Gasteiger partial charge on any atom is -0.585 e. The number of thioether (sulfide) groups is 1. The van der Waals surface area contributed by atoms with Crippen molar-refractivity contribution in [1.82, 2.24) is 9.78 Å². The summed E-state index contributed by atoms with van der Waals surface area (Å²) in [6.45, 7) is 0.636. The molecule has 1 aliphatic heterocycles. The van der Waals surface area contributed by atoms with Crippen LogP contribution in [-0.4, -0.2) is 32.8 Å². The predicted octanol–water partition coefficient (Wildman–Crippen LogP) is 0.158. The second-order valence-corrected chi connectivity index (χ2v) is 7.43. The average Bonchev–Trinajstić information content (AvgIpc) is 3.02. The number of rotatable bonds is 6. The maximum atomic E-state index is 12.4. The number of carbonyl (C=O) groups is 2. The van der Waals surface area contributed by atoms with E-state index in [0.29, 0.717) is 30.7 Å². The third-order valence-corrected chi connectivity index (χ3v) is 5.34. The number of benzene rings is 2. The van der Waals surface area contributed by atoms with Gasteiger partial charge in [-0.3, -0.25) is 4.79 Å². The summed E-state index contributed by atoms with van der Waals surface area (Å²) in [4.78, 5) is 35.2. The van der Waals surface area contributed by atoms with Crippen LogP contribution in [0.5, 0.6) is 5.75 Å². The Morgan fingerprint density at radius 1 is 1.07 bits per heavy atom. The van der Waals surface area contributed by atoms with E-state index in [1.54, 1.807) is 24.4 Å². The SMILES string of the molecule is O=C1[N-]C(=O)C(Cc2ccc(OCCn3ncc4ccccc4c3=O)cc2)S1.[Na+]. The van der Waals surface area contributed by atoms with E-state index in [0.717, 1.165) is 22.7 Å². The van der Waals surface area contributed by atoms with Gasteiger partial charge in [-0.2, -0.15) is 5.10 Å². The Bertz CT molecular complexity index is 1100. The standard InChI is InChI=1S/C20H17N3O4S.Na/c24-18-17(28-20(26)22-18)11-13-5-7-15(8-6-13)27-10-9-23-19(25)16-4-2-1-3-14(16)12-21-23;/h1-8,12,17H,9-11H2,(H,22,24,26);/q;+1/p-1. The molecule has 1 atom stereocenters. The number of nitrogens with zero attached hydrogens (tertiary/aromatic N) is 3. The quantitative estimate of drug-likeness (QED) is 0.531. The minimum atomic E-state index is -0.440. The van der Waals surface area contributed by atoms with Crippen LogP contribution in [0.25, 0.3) is 16.1 Å². The molecule has 1 unspecified atom stereocenters. The first-order valence-electron chi connectivity index (χ1n) is 8.73. The van der Waals surface area contributed by atoms with Crippen LogP contribution in [0.1, 0.15) is 5.56 Å². The zero-order valence-electron chi connectivity index (χ0n) is 15.8. The molecule has 3 aromatic rings. The molecule has 7 nitrogen and oxygen atoms in total. The Kier molecular flexibility index (Phi) is 7.13. The van der Waals surface area contributed by atoms with E-state index >= 15 is 0 Å². The first kappa shape index (κ1) is 21.6. The molecular formula is C20H16N3NaO4S. The van der Waals surface area contributed by atoms with Crippen LogP contribution >= 0.6 is 11.8 Å². The number of carbonyl (C=O) groups excluding carboxylic acids is 2. The van der Waals surface area contributed by atoms with Gasteiger partial charge in [-0.1, -0.05) is 42.1 Å². The second-order valence-electron chi connectivity index (χ2n) is 6.28. The van der Waals surface area contributed by atoms with Crippen LogP contribution < -0.4 is 39.9 Å². The topological polar surface area (TPSA) is 92.4 Å². The molecule has 2 aromatic carbocycles. The Morgan fingerprint density at radius 3 is 2.55 bits per heavy atom. The summed E-state index contributed by atoms with van der Waals surface area (Å²) in [5.41, 5.74) is 0.784. The molecule has 0 N–H and O–H groups in total. The Labute approximate surface area is 193 Å². The second kappa shape index (κ2) is 9.58. The Hall–Kier alpha value is -2.13. The van der Waals surface area contributed by atoms with E-state index in [2.05, 4.69) is 10.4 Å². The minimum absolute atomic E-state index is 0. The maximum absolute atomic E-state index is 12.4. The van der Waals surface area contributed by atoms with Gasteiger partial charge in [-0.25, -0.2) is 4.68 Å². The van der Waals surface area contributed by atoms with Crippen LogP contribution in [0.4, 0.5) is 4.79 Å². The first-order valence-corrected chi connectivity index (χ1v) is 9.61. The van der Waals surface area contributed by atoms with Crippen molar-refractivity contribution in [2.45, 2.75) is 18.2 Å². The predicted molar refractivity (Wildman–Crippen MR) is 107 cm³/mol. The summed E-state index contributed by atoms with van der Waals surface area (Å²) in [5, 5.41) is 8.16. The van der Waals surface area contributed by atoms with Gasteiger partial charge in [-0.05, 0) is 30.2 Å². The molecule has 1 aliphatic rings. The van der Waals surface area contributed by atoms with Crippen molar-refractivity contribution in [3.8, 4) is 5.75 Å². The summed E-state index contributed by atoms with van der Waals surface area (Å²) in [7, 11) is 0. The summed E-state index contributed by atoms with van der Waals surface area (Å²) in [6, 6.07) is 14.6. The third-order valence-electron chi connectivity index (χ3n) is 4.40. The summed E-state index contributed by atoms with van der Waals surface area (Å²) in [6.07, 6.45) is 2.13. The molecule has 1 aromatic heterocycles.